The van der Waals surface area contributed by atoms with E-state index in [2.05, 4.69) is 26.6 Å². The summed E-state index contributed by atoms with van der Waals surface area (Å²) in [6, 6.07) is -2.27. The quantitative estimate of drug-likeness (QED) is 0.0381. The molecule has 1 rings (SSSR count). The average Bonchev–Trinajstić information content (AvgIpc) is 3.19. The summed E-state index contributed by atoms with van der Waals surface area (Å²) in [5.74, 6) is -3.98. The van der Waals surface area contributed by atoms with E-state index in [0.717, 1.165) is 6.92 Å². The molecule has 64 heavy (non-hydrogen) atoms. The molecule has 21 heteroatoms. The van der Waals surface area contributed by atoms with Gasteiger partial charge in [0.1, 0.15) is 18.2 Å². The van der Waals surface area contributed by atoms with Crippen LogP contribution in [-0.4, -0.2) is 174 Å². The number of hydrogen-bond donors (Lipinski definition) is 6. The van der Waals surface area contributed by atoms with Crippen molar-refractivity contribution in [2.45, 2.75) is 136 Å². The number of unbranched alkanes of at least 4 members (excludes halogenated alkanes) is 2. The molecule has 0 aliphatic carbocycles. The number of ether oxygens (including phenoxy) is 4. The molecule has 0 aromatic carbocycles. The van der Waals surface area contributed by atoms with Crippen LogP contribution in [0.2, 0.25) is 0 Å². The SMILES string of the molecule is COCC(C)(C)OCCC(C)(C)OCCNC(=O)CCCCCS(=O)(=O)OC[C@@](C)(O)C(=O)[C@H](CC(C)C)NC(=O)CNC(=O)[C@H](CC(C)C)NC(=O)CNC(=O)CN1CCOCC1. The molecule has 0 spiro atoms. The molecule has 6 N–H and O–H groups in total. The fourth-order valence-corrected chi connectivity index (χ4v) is 7.56. The van der Waals surface area contributed by atoms with Crippen molar-refractivity contribution in [3.05, 3.63) is 0 Å². The summed E-state index contributed by atoms with van der Waals surface area (Å²) in [5, 5.41) is 24.0. The Morgan fingerprint density at radius 1 is 0.719 bits per heavy atom. The molecule has 1 aliphatic heterocycles. The second kappa shape index (κ2) is 29.4. The standard InChI is InChI=1S/C43H80N6O14S/c1-31(2)24-33(47-37(52)27-46-40(55)34(25-32(3)4)48-36(51)26-45-38(53)28-49-17-21-60-22-18-49)39(54)43(9,56)30-63-64(57,58)23-13-11-12-14-35(50)44-16-20-62-41(5,6)15-19-61-42(7,8)29-59-10/h31-34,56H,11-30H2,1-10H3,(H,44,50)(H,45,53)(H,46,55)(H,47,52)(H,48,51)/t33-,34-,43+/m0/s1. The first-order valence-electron chi connectivity index (χ1n) is 22.4. The zero-order valence-electron chi connectivity index (χ0n) is 40.1. The number of carbonyl (C=O) groups excluding carboxylic acids is 6. The van der Waals surface area contributed by atoms with Crippen LogP contribution in [0.15, 0.2) is 0 Å². The van der Waals surface area contributed by atoms with Crippen molar-refractivity contribution in [3.63, 3.8) is 0 Å². The van der Waals surface area contributed by atoms with E-state index in [-0.39, 0.29) is 62.4 Å². The highest BCUT2D eigenvalue weighted by Gasteiger charge is 2.39. The molecule has 0 aromatic heterocycles. The van der Waals surface area contributed by atoms with Gasteiger partial charge in [-0.3, -0.25) is 37.9 Å². The van der Waals surface area contributed by atoms with Crippen molar-refractivity contribution in [2.24, 2.45) is 11.8 Å². The monoisotopic (exact) mass is 937 g/mol. The summed E-state index contributed by atoms with van der Waals surface area (Å²) in [6.07, 6.45) is 2.19. The van der Waals surface area contributed by atoms with Crippen LogP contribution in [-0.2, 0) is 62.0 Å². The molecule has 1 aliphatic rings. The summed E-state index contributed by atoms with van der Waals surface area (Å²) in [7, 11) is -2.54. The molecule has 0 radical (unpaired) electrons. The molecule has 372 valence electrons. The van der Waals surface area contributed by atoms with Gasteiger partial charge in [0.25, 0.3) is 10.1 Å². The van der Waals surface area contributed by atoms with Gasteiger partial charge in [0.15, 0.2) is 5.78 Å². The van der Waals surface area contributed by atoms with E-state index in [1.54, 1.807) is 21.0 Å². The molecule has 20 nitrogen and oxygen atoms in total. The van der Waals surface area contributed by atoms with Crippen LogP contribution in [0.4, 0.5) is 0 Å². The number of hydrogen-bond acceptors (Lipinski definition) is 15. The Morgan fingerprint density at radius 3 is 1.91 bits per heavy atom. The zero-order valence-corrected chi connectivity index (χ0v) is 40.9. The Morgan fingerprint density at radius 2 is 1.30 bits per heavy atom. The third-order valence-electron chi connectivity index (χ3n) is 10.0. The number of amides is 5. The minimum absolute atomic E-state index is 0.0208. The Labute approximate surface area is 381 Å². The minimum Gasteiger partial charge on any atom is -0.382 e. The molecular weight excluding hydrogens is 857 g/mol. The molecule has 0 unspecified atom stereocenters. The number of ketones is 1. The van der Waals surface area contributed by atoms with E-state index in [1.165, 1.54) is 0 Å². The lowest BCUT2D eigenvalue weighted by Gasteiger charge is -2.29. The van der Waals surface area contributed by atoms with Crippen LogP contribution in [0.5, 0.6) is 0 Å². The highest BCUT2D eigenvalue weighted by atomic mass is 32.2. The van der Waals surface area contributed by atoms with Gasteiger partial charge in [-0.25, -0.2) is 0 Å². The van der Waals surface area contributed by atoms with Crippen molar-refractivity contribution in [3.8, 4) is 0 Å². The molecule has 5 amide bonds. The predicted molar refractivity (Wildman–Crippen MR) is 239 cm³/mol. The Kier molecular flexibility index (Phi) is 26.9. The fourth-order valence-electron chi connectivity index (χ4n) is 6.48. The average molecular weight is 937 g/mol. The van der Waals surface area contributed by atoms with Crippen molar-refractivity contribution in [2.75, 3.05) is 91.8 Å². The number of Topliss-reactive ketones (excluding diaryl/α,β-unsaturated/α-hetero) is 1. The van der Waals surface area contributed by atoms with Gasteiger partial charge in [-0.2, -0.15) is 8.42 Å². The van der Waals surface area contributed by atoms with Gasteiger partial charge in [0, 0.05) is 33.2 Å². The number of nitrogens with one attached hydrogen (secondary N) is 5. The maximum atomic E-state index is 13.5. The number of methoxy groups -OCH3 is 1. The number of morpholine rings is 1. The molecule has 0 aromatic rings. The largest absolute Gasteiger partial charge is 0.382 e. The first-order valence-corrected chi connectivity index (χ1v) is 23.9. The van der Waals surface area contributed by atoms with Crippen molar-refractivity contribution < 1.29 is 65.4 Å². The van der Waals surface area contributed by atoms with Crippen LogP contribution < -0.4 is 26.6 Å². The van der Waals surface area contributed by atoms with Crippen molar-refractivity contribution in [1.82, 2.24) is 31.5 Å². The summed E-state index contributed by atoms with van der Waals surface area (Å²) in [6.45, 7) is 18.3. The van der Waals surface area contributed by atoms with Gasteiger partial charge < -0.3 is 50.6 Å². The summed E-state index contributed by atoms with van der Waals surface area (Å²) >= 11 is 0. The molecule has 1 heterocycles. The normalized spacial score (nSPS) is 15.8. The lowest BCUT2D eigenvalue weighted by molar-refractivity contribution is -0.143. The lowest BCUT2D eigenvalue weighted by atomic mass is 9.90. The number of aliphatic hydroxyl groups is 1. The molecular formula is C43H80N6O14S. The smallest absolute Gasteiger partial charge is 0.267 e. The lowest BCUT2D eigenvalue weighted by Crippen LogP contribution is -2.56. The maximum absolute atomic E-state index is 13.5. The first-order chi connectivity index (χ1) is 29.8. The van der Waals surface area contributed by atoms with Crippen molar-refractivity contribution in [1.29, 1.82) is 0 Å². The highest BCUT2D eigenvalue weighted by Crippen LogP contribution is 2.19. The second-order valence-electron chi connectivity index (χ2n) is 18.6. The molecule has 1 fully saturated rings. The van der Waals surface area contributed by atoms with Gasteiger partial charge in [-0.15, -0.1) is 0 Å². The second-order valence-corrected chi connectivity index (χ2v) is 20.4. The summed E-state index contributed by atoms with van der Waals surface area (Å²) in [5.41, 5.74) is -3.16. The van der Waals surface area contributed by atoms with Crippen LogP contribution in [0.25, 0.3) is 0 Å². The third kappa shape index (κ3) is 27.2. The molecule has 0 saturated carbocycles. The van der Waals surface area contributed by atoms with Crippen LogP contribution >= 0.6 is 0 Å². The van der Waals surface area contributed by atoms with Gasteiger partial charge in [-0.1, -0.05) is 34.1 Å². The number of carbonyl (C=O) groups is 6. The topological polar surface area (TPSA) is 266 Å². The summed E-state index contributed by atoms with van der Waals surface area (Å²) in [4.78, 5) is 78.8. The van der Waals surface area contributed by atoms with Gasteiger partial charge in [0.05, 0.1) is 75.7 Å². The molecule has 3 atom stereocenters. The number of nitrogens with zero attached hydrogens (tertiary/aromatic N) is 1. The fraction of sp³-hybridized carbons (Fsp3) is 0.860. The van der Waals surface area contributed by atoms with E-state index >= 15 is 0 Å². The number of rotatable bonds is 34. The predicted octanol–water partition coefficient (Wildman–Crippen LogP) is 0.583. The van der Waals surface area contributed by atoms with Crippen LogP contribution in [0.3, 0.4) is 0 Å². The van der Waals surface area contributed by atoms with E-state index in [4.69, 9.17) is 23.1 Å². The Hall–Kier alpha value is -3.31. The van der Waals surface area contributed by atoms with Crippen LogP contribution in [0.1, 0.15) is 107 Å². The zero-order chi connectivity index (χ0) is 48.6. The van der Waals surface area contributed by atoms with Crippen LogP contribution in [0, 0.1) is 11.8 Å². The Balaban J connectivity index is 2.53. The minimum atomic E-state index is -4.16. The van der Waals surface area contributed by atoms with Gasteiger partial charge in [0.2, 0.25) is 29.5 Å². The molecule has 1 saturated heterocycles. The van der Waals surface area contributed by atoms with Gasteiger partial charge in [-0.05, 0) is 78.6 Å². The van der Waals surface area contributed by atoms with Gasteiger partial charge >= 0.3 is 0 Å². The van der Waals surface area contributed by atoms with E-state index < -0.39 is 81.4 Å². The Bertz CT molecular complexity index is 1570. The van der Waals surface area contributed by atoms with E-state index in [1.807, 2.05) is 46.4 Å². The maximum Gasteiger partial charge on any atom is 0.267 e. The summed E-state index contributed by atoms with van der Waals surface area (Å²) < 4.78 is 52.6. The van der Waals surface area contributed by atoms with E-state index in [9.17, 15) is 42.3 Å². The highest BCUT2D eigenvalue weighted by molar-refractivity contribution is 7.86. The van der Waals surface area contributed by atoms with E-state index in [0.29, 0.717) is 71.9 Å². The van der Waals surface area contributed by atoms with Crippen molar-refractivity contribution >= 4 is 45.4 Å². The third-order valence-corrected chi connectivity index (χ3v) is 11.3. The first kappa shape index (κ1) is 58.7. The molecule has 0 bridgehead atoms.